The molecular weight excluding hydrogens is 503 g/mol. The van der Waals surface area contributed by atoms with Gasteiger partial charge in [-0.3, -0.25) is 4.79 Å². The van der Waals surface area contributed by atoms with E-state index in [2.05, 4.69) is 25.0 Å². The molecule has 192 valence electrons. The van der Waals surface area contributed by atoms with Crippen molar-refractivity contribution in [2.45, 2.75) is 18.5 Å². The quantitative estimate of drug-likeness (QED) is 0.604. The fourth-order valence-corrected chi connectivity index (χ4v) is 2.95. The van der Waals surface area contributed by atoms with E-state index in [-0.39, 0.29) is 37.8 Å². The number of rotatable bonds is 5. The second-order valence-electron chi connectivity index (χ2n) is 7.13. The first kappa shape index (κ1) is 26.1. The van der Waals surface area contributed by atoms with Gasteiger partial charge < -0.3 is 19.9 Å². The predicted octanol–water partition coefficient (Wildman–Crippen LogP) is 3.79. The topological polar surface area (TPSA) is 83.5 Å². The third kappa shape index (κ3) is 7.22. The summed E-state index contributed by atoms with van der Waals surface area (Å²) in [5.74, 6) is -2.83. The number of nitrogens with one attached hydrogen (secondary N) is 1. The second kappa shape index (κ2) is 9.61. The molecule has 1 aliphatic heterocycles. The minimum Gasteiger partial charge on any atom is -0.454 e. The maximum Gasteiger partial charge on any atom is 0.471 e. The molecule has 1 aromatic heterocycles. The lowest BCUT2D eigenvalue weighted by Gasteiger charge is -2.35. The first-order valence-corrected chi connectivity index (χ1v) is 9.63. The van der Waals surface area contributed by atoms with Crippen LogP contribution in [0.1, 0.15) is 5.56 Å². The summed E-state index contributed by atoms with van der Waals surface area (Å²) in [6, 6.07) is 2.97. The van der Waals surface area contributed by atoms with Crippen LogP contribution in [-0.2, 0) is 11.0 Å². The standard InChI is InChI=1S/C18H15F9N6O2/c19-16(20,21)9-35-15-30-13(28-11-3-1-2-10(8-11)17(22,23)24)29-14(31-15)33-6-4-32(5-7-33)12(34)18(25,26)27/h1-3,8H,4-7,9H2,(H,28,29,30,31). The van der Waals surface area contributed by atoms with Gasteiger partial charge in [-0.15, -0.1) is 0 Å². The summed E-state index contributed by atoms with van der Waals surface area (Å²) in [7, 11) is 0. The predicted molar refractivity (Wildman–Crippen MR) is 101 cm³/mol. The van der Waals surface area contributed by atoms with Crippen LogP contribution in [0, 0.1) is 0 Å². The Balaban J connectivity index is 1.84. The van der Waals surface area contributed by atoms with E-state index in [4.69, 9.17) is 0 Å². The average Bonchev–Trinajstić information content (AvgIpc) is 2.76. The molecule has 0 unspecified atom stereocenters. The number of ether oxygens (including phenoxy) is 1. The van der Waals surface area contributed by atoms with Crippen LogP contribution >= 0.6 is 0 Å². The van der Waals surface area contributed by atoms with Crippen molar-refractivity contribution in [3.05, 3.63) is 29.8 Å². The summed E-state index contributed by atoms with van der Waals surface area (Å²) in [5, 5.41) is 2.42. The molecule has 0 aliphatic carbocycles. The molecule has 35 heavy (non-hydrogen) atoms. The zero-order valence-electron chi connectivity index (χ0n) is 17.3. The lowest BCUT2D eigenvalue weighted by atomic mass is 10.2. The van der Waals surface area contributed by atoms with Crippen molar-refractivity contribution >= 4 is 23.5 Å². The molecule has 8 nitrogen and oxygen atoms in total. The van der Waals surface area contributed by atoms with Gasteiger partial charge in [0.1, 0.15) is 0 Å². The highest BCUT2D eigenvalue weighted by Gasteiger charge is 2.43. The number of amides is 1. The number of hydrogen-bond acceptors (Lipinski definition) is 7. The minimum atomic E-state index is -5.07. The van der Waals surface area contributed by atoms with Crippen molar-refractivity contribution in [2.24, 2.45) is 0 Å². The first-order valence-electron chi connectivity index (χ1n) is 9.63. The maximum absolute atomic E-state index is 13.0. The normalized spacial score (nSPS) is 15.2. The zero-order chi connectivity index (χ0) is 26.0. The molecule has 1 N–H and O–H groups in total. The van der Waals surface area contributed by atoms with Crippen LogP contribution in [0.3, 0.4) is 0 Å². The number of anilines is 3. The lowest BCUT2D eigenvalue weighted by molar-refractivity contribution is -0.185. The molecule has 0 bridgehead atoms. The number of benzene rings is 1. The van der Waals surface area contributed by atoms with Crippen LogP contribution < -0.4 is 15.0 Å². The van der Waals surface area contributed by atoms with E-state index in [0.29, 0.717) is 11.0 Å². The van der Waals surface area contributed by atoms with Crippen molar-refractivity contribution in [1.29, 1.82) is 0 Å². The number of halogens is 9. The van der Waals surface area contributed by atoms with Crippen molar-refractivity contribution in [2.75, 3.05) is 43.0 Å². The SMILES string of the molecule is O=C(N1CCN(c2nc(Nc3cccc(C(F)(F)F)c3)nc(OCC(F)(F)F)n2)CC1)C(F)(F)F. The summed E-state index contributed by atoms with van der Waals surface area (Å²) in [6.07, 6.45) is -14.5. The second-order valence-corrected chi connectivity index (χ2v) is 7.13. The van der Waals surface area contributed by atoms with Gasteiger partial charge in [-0.1, -0.05) is 6.07 Å². The molecule has 2 heterocycles. The molecule has 2 aromatic rings. The van der Waals surface area contributed by atoms with E-state index in [1.165, 1.54) is 11.0 Å². The zero-order valence-corrected chi connectivity index (χ0v) is 17.3. The Morgan fingerprint density at radius 3 is 2.17 bits per heavy atom. The molecule has 1 fully saturated rings. The molecular formula is C18H15F9N6O2. The molecule has 3 rings (SSSR count). The molecule has 17 heteroatoms. The molecule has 1 aromatic carbocycles. The highest BCUT2D eigenvalue weighted by atomic mass is 19.4. The first-order chi connectivity index (χ1) is 16.1. The fourth-order valence-electron chi connectivity index (χ4n) is 2.95. The van der Waals surface area contributed by atoms with E-state index in [9.17, 15) is 44.3 Å². The molecule has 1 saturated heterocycles. The van der Waals surface area contributed by atoms with Gasteiger partial charge in [-0.05, 0) is 18.2 Å². The van der Waals surface area contributed by atoms with Crippen LogP contribution in [0.2, 0.25) is 0 Å². The Kier molecular flexibility index (Phi) is 7.16. The van der Waals surface area contributed by atoms with Gasteiger partial charge in [0.25, 0.3) is 0 Å². The number of hydrogen-bond donors (Lipinski definition) is 1. The minimum absolute atomic E-state index is 0.153. The maximum atomic E-state index is 13.0. The summed E-state index contributed by atoms with van der Waals surface area (Å²) in [6.45, 7) is -2.99. The largest absolute Gasteiger partial charge is 0.471 e. The lowest BCUT2D eigenvalue weighted by Crippen LogP contribution is -2.52. The Morgan fingerprint density at radius 2 is 1.60 bits per heavy atom. The number of piperazine rings is 1. The van der Waals surface area contributed by atoms with Gasteiger partial charge in [0.15, 0.2) is 6.61 Å². The number of carbonyl (C=O) groups excluding carboxylic acids is 1. The summed E-state index contributed by atoms with van der Waals surface area (Å²) in [4.78, 5) is 24.4. The van der Waals surface area contributed by atoms with Gasteiger partial charge in [-0.2, -0.15) is 54.5 Å². The molecule has 0 radical (unpaired) electrons. The fraction of sp³-hybridized carbons (Fsp3) is 0.444. The van der Waals surface area contributed by atoms with E-state index >= 15 is 0 Å². The molecule has 1 amide bonds. The highest BCUT2D eigenvalue weighted by molar-refractivity contribution is 5.82. The van der Waals surface area contributed by atoms with Crippen LogP contribution in [0.25, 0.3) is 0 Å². The van der Waals surface area contributed by atoms with Crippen molar-refractivity contribution < 1.29 is 49.0 Å². The monoisotopic (exact) mass is 518 g/mol. The van der Waals surface area contributed by atoms with Gasteiger partial charge in [0.2, 0.25) is 11.9 Å². The Morgan fingerprint density at radius 1 is 0.943 bits per heavy atom. The molecule has 0 saturated carbocycles. The Labute approximate surface area is 190 Å². The van der Waals surface area contributed by atoms with Crippen molar-refractivity contribution in [3.8, 4) is 6.01 Å². The van der Waals surface area contributed by atoms with Gasteiger partial charge in [0.05, 0.1) is 5.56 Å². The van der Waals surface area contributed by atoms with Crippen molar-refractivity contribution in [3.63, 3.8) is 0 Å². The molecule has 0 atom stereocenters. The third-order valence-corrected chi connectivity index (χ3v) is 4.51. The molecule has 0 spiro atoms. The van der Waals surface area contributed by atoms with E-state index in [1.54, 1.807) is 0 Å². The van der Waals surface area contributed by atoms with Gasteiger partial charge in [-0.25, -0.2) is 0 Å². The Bertz CT molecular complexity index is 1050. The van der Waals surface area contributed by atoms with Crippen LogP contribution in [0.15, 0.2) is 24.3 Å². The summed E-state index contributed by atoms with van der Waals surface area (Å²) >= 11 is 0. The number of carbonyl (C=O) groups is 1. The van der Waals surface area contributed by atoms with Crippen molar-refractivity contribution in [1.82, 2.24) is 19.9 Å². The number of aromatic nitrogens is 3. The van der Waals surface area contributed by atoms with Crippen LogP contribution in [-0.4, -0.2) is 70.9 Å². The summed E-state index contributed by atoms with van der Waals surface area (Å²) in [5.41, 5.74) is -1.17. The van der Waals surface area contributed by atoms with E-state index in [1.807, 2.05) is 0 Å². The average molecular weight is 518 g/mol. The van der Waals surface area contributed by atoms with Gasteiger partial charge in [0, 0.05) is 31.9 Å². The smallest absolute Gasteiger partial charge is 0.454 e. The van der Waals surface area contributed by atoms with Gasteiger partial charge >= 0.3 is 30.4 Å². The highest BCUT2D eigenvalue weighted by Crippen LogP contribution is 2.31. The van der Waals surface area contributed by atoms with E-state index < -0.39 is 48.6 Å². The molecule has 1 aliphatic rings. The van der Waals surface area contributed by atoms with Crippen LogP contribution in [0.5, 0.6) is 6.01 Å². The number of nitrogens with zero attached hydrogens (tertiary/aromatic N) is 5. The number of alkyl halides is 9. The Hall–Kier alpha value is -3.53. The third-order valence-electron chi connectivity index (χ3n) is 4.51. The van der Waals surface area contributed by atoms with Crippen LogP contribution in [0.4, 0.5) is 57.1 Å². The van der Waals surface area contributed by atoms with E-state index in [0.717, 1.165) is 12.1 Å². The summed E-state index contributed by atoms with van der Waals surface area (Å²) < 4.78 is 119.